The molecule has 102 valence electrons. The number of rotatable bonds is 1. The maximum atomic E-state index is 9.00. The molecule has 3 atom stereocenters. The molecule has 4 rings (SSSR count). The van der Waals surface area contributed by atoms with Gasteiger partial charge in [0.2, 0.25) is 0 Å². The van der Waals surface area contributed by atoms with E-state index in [1.165, 1.54) is 22.0 Å². The second kappa shape index (κ2) is 4.36. The van der Waals surface area contributed by atoms with Crippen LogP contribution < -0.4 is 0 Å². The molecule has 1 fully saturated rings. The zero-order chi connectivity index (χ0) is 13.7. The van der Waals surface area contributed by atoms with Gasteiger partial charge < -0.3 is 9.88 Å². The molecule has 2 aliphatic rings. The van der Waals surface area contributed by atoms with Crippen molar-refractivity contribution in [1.82, 2.24) is 9.88 Å². The molecule has 1 aliphatic heterocycles. The zero-order valence-corrected chi connectivity index (χ0v) is 11.8. The third kappa shape index (κ3) is 1.61. The quantitative estimate of drug-likeness (QED) is 0.861. The van der Waals surface area contributed by atoms with E-state index in [-0.39, 0.29) is 0 Å². The molecule has 0 saturated carbocycles. The molecule has 0 amide bonds. The molecule has 0 radical (unpaired) electrons. The minimum atomic E-state index is 0.516. The van der Waals surface area contributed by atoms with Gasteiger partial charge >= 0.3 is 0 Å². The summed E-state index contributed by atoms with van der Waals surface area (Å²) in [6.45, 7) is 1.06. The number of hydrogen-bond donors (Lipinski definition) is 1. The van der Waals surface area contributed by atoms with Crippen molar-refractivity contribution in [2.75, 3.05) is 13.6 Å². The van der Waals surface area contributed by atoms with Crippen LogP contribution >= 0.6 is 0 Å². The van der Waals surface area contributed by atoms with E-state index in [0.717, 1.165) is 19.4 Å². The lowest BCUT2D eigenvalue weighted by Gasteiger charge is -2.45. The third-order valence-electron chi connectivity index (χ3n) is 5.19. The fourth-order valence-electron chi connectivity index (χ4n) is 4.33. The summed E-state index contributed by atoms with van der Waals surface area (Å²) in [5, 5.41) is 10.4. The highest BCUT2D eigenvalue weighted by Crippen LogP contribution is 2.44. The van der Waals surface area contributed by atoms with Crippen molar-refractivity contribution in [3.8, 4) is 6.07 Å². The molecule has 0 unspecified atom stereocenters. The fraction of sp³-hybridized carbons (Fsp3) is 0.471. The SMILES string of the molecule is CN1C[C@@H](CC#N)C[C@@H]2c3cccc4[nH]cc(c34)C[C@H]21. The average molecular weight is 265 g/mol. The first-order valence-electron chi connectivity index (χ1n) is 7.44. The minimum absolute atomic E-state index is 0.516. The first-order chi connectivity index (χ1) is 9.78. The Hall–Kier alpha value is -1.79. The van der Waals surface area contributed by atoms with Crippen LogP contribution in [0.3, 0.4) is 0 Å². The van der Waals surface area contributed by atoms with Crippen LogP contribution in [-0.4, -0.2) is 29.5 Å². The van der Waals surface area contributed by atoms with Crippen molar-refractivity contribution in [2.24, 2.45) is 5.92 Å². The first-order valence-corrected chi connectivity index (χ1v) is 7.44. The molecule has 3 nitrogen and oxygen atoms in total. The Morgan fingerprint density at radius 1 is 1.45 bits per heavy atom. The van der Waals surface area contributed by atoms with Gasteiger partial charge in [0, 0.05) is 42.0 Å². The van der Waals surface area contributed by atoms with Crippen LogP contribution in [-0.2, 0) is 6.42 Å². The van der Waals surface area contributed by atoms with Crippen LogP contribution in [0.4, 0.5) is 0 Å². The van der Waals surface area contributed by atoms with Crippen molar-refractivity contribution in [2.45, 2.75) is 31.2 Å². The van der Waals surface area contributed by atoms with Gasteiger partial charge in [0.05, 0.1) is 6.07 Å². The summed E-state index contributed by atoms with van der Waals surface area (Å²) in [6.07, 6.45) is 5.16. The molecule has 3 heteroatoms. The summed E-state index contributed by atoms with van der Waals surface area (Å²) in [5.74, 6) is 1.10. The summed E-state index contributed by atoms with van der Waals surface area (Å²) in [7, 11) is 2.22. The van der Waals surface area contributed by atoms with E-state index in [0.29, 0.717) is 24.3 Å². The standard InChI is InChI=1S/C17H19N3/c1-20-10-11(5-6-18)7-14-13-3-2-4-15-17(13)12(9-19-15)8-16(14)20/h2-4,9,11,14,16,19H,5,7-8,10H2,1H3/t11-,14+,16+/m0/s1. The molecule has 1 saturated heterocycles. The van der Waals surface area contributed by atoms with Gasteiger partial charge in [-0.2, -0.15) is 5.26 Å². The second-order valence-electron chi connectivity index (χ2n) is 6.37. The van der Waals surface area contributed by atoms with E-state index in [9.17, 15) is 0 Å². The van der Waals surface area contributed by atoms with Crippen LogP contribution in [0.25, 0.3) is 10.9 Å². The Bertz CT molecular complexity index is 694. The third-order valence-corrected chi connectivity index (χ3v) is 5.19. The van der Waals surface area contributed by atoms with E-state index < -0.39 is 0 Å². The second-order valence-corrected chi connectivity index (χ2v) is 6.37. The van der Waals surface area contributed by atoms with Gasteiger partial charge in [-0.25, -0.2) is 0 Å². The van der Waals surface area contributed by atoms with Crippen LogP contribution in [0, 0.1) is 17.2 Å². The number of aromatic amines is 1. The van der Waals surface area contributed by atoms with Gasteiger partial charge in [-0.05, 0) is 43.0 Å². The van der Waals surface area contributed by atoms with Gasteiger partial charge in [-0.3, -0.25) is 0 Å². The highest BCUT2D eigenvalue weighted by molar-refractivity contribution is 5.88. The fourth-order valence-corrected chi connectivity index (χ4v) is 4.33. The number of H-pyrrole nitrogens is 1. The lowest BCUT2D eigenvalue weighted by Crippen LogP contribution is -2.47. The van der Waals surface area contributed by atoms with Gasteiger partial charge in [0.15, 0.2) is 0 Å². The lowest BCUT2D eigenvalue weighted by molar-refractivity contribution is 0.113. The van der Waals surface area contributed by atoms with Crippen LogP contribution in [0.5, 0.6) is 0 Å². The molecular formula is C17H19N3. The Morgan fingerprint density at radius 3 is 3.20 bits per heavy atom. The van der Waals surface area contributed by atoms with Crippen LogP contribution in [0.2, 0.25) is 0 Å². The molecule has 20 heavy (non-hydrogen) atoms. The summed E-state index contributed by atoms with van der Waals surface area (Å²) in [5.41, 5.74) is 4.22. The number of aromatic nitrogens is 1. The number of likely N-dealkylation sites (tertiary alicyclic amines) is 1. The molecule has 0 bridgehead atoms. The average Bonchev–Trinajstić information content (AvgIpc) is 2.86. The minimum Gasteiger partial charge on any atom is -0.361 e. The summed E-state index contributed by atoms with van der Waals surface area (Å²) < 4.78 is 0. The topological polar surface area (TPSA) is 42.8 Å². The van der Waals surface area contributed by atoms with E-state index in [4.69, 9.17) is 5.26 Å². The Morgan fingerprint density at radius 2 is 2.35 bits per heavy atom. The number of piperidine rings is 1. The molecule has 1 aliphatic carbocycles. The summed E-state index contributed by atoms with van der Waals surface area (Å²) in [6, 6.07) is 9.58. The number of nitrogens with one attached hydrogen (secondary N) is 1. The van der Waals surface area contributed by atoms with Crippen molar-refractivity contribution >= 4 is 10.9 Å². The van der Waals surface area contributed by atoms with Crippen LogP contribution in [0.15, 0.2) is 24.4 Å². The zero-order valence-electron chi connectivity index (χ0n) is 11.8. The van der Waals surface area contributed by atoms with E-state index in [1.54, 1.807) is 0 Å². The Kier molecular flexibility index (Phi) is 2.61. The molecule has 1 N–H and O–H groups in total. The van der Waals surface area contributed by atoms with Gasteiger partial charge in [0.25, 0.3) is 0 Å². The Labute approximate surface area is 119 Å². The predicted molar refractivity (Wildman–Crippen MR) is 79.5 cm³/mol. The van der Waals surface area contributed by atoms with Gasteiger partial charge in [0.1, 0.15) is 0 Å². The highest BCUT2D eigenvalue weighted by atomic mass is 15.1. The van der Waals surface area contributed by atoms with E-state index >= 15 is 0 Å². The molecule has 2 aromatic rings. The van der Waals surface area contributed by atoms with Crippen molar-refractivity contribution < 1.29 is 0 Å². The van der Waals surface area contributed by atoms with Gasteiger partial charge in [-0.15, -0.1) is 0 Å². The molecule has 0 spiro atoms. The highest BCUT2D eigenvalue weighted by Gasteiger charge is 2.39. The lowest BCUT2D eigenvalue weighted by atomic mass is 9.72. The van der Waals surface area contributed by atoms with Crippen LogP contribution in [0.1, 0.15) is 29.9 Å². The van der Waals surface area contributed by atoms with E-state index in [1.807, 2.05) is 0 Å². The number of nitrogens with zero attached hydrogens (tertiary/aromatic N) is 2. The first kappa shape index (κ1) is 12.0. The number of nitriles is 1. The monoisotopic (exact) mass is 265 g/mol. The normalized spacial score (nSPS) is 29.1. The molecule has 1 aromatic heterocycles. The number of hydrogen-bond acceptors (Lipinski definition) is 2. The largest absolute Gasteiger partial charge is 0.361 e. The van der Waals surface area contributed by atoms with Crippen molar-refractivity contribution in [3.63, 3.8) is 0 Å². The molecular weight excluding hydrogens is 246 g/mol. The smallest absolute Gasteiger partial charge is 0.0625 e. The molecule has 1 aromatic carbocycles. The van der Waals surface area contributed by atoms with Crippen molar-refractivity contribution in [3.05, 3.63) is 35.5 Å². The molecule has 2 heterocycles. The number of likely N-dealkylation sites (N-methyl/N-ethyl adjacent to an activating group) is 1. The Balaban J connectivity index is 1.81. The summed E-state index contributed by atoms with van der Waals surface area (Å²) in [4.78, 5) is 5.89. The van der Waals surface area contributed by atoms with Gasteiger partial charge in [-0.1, -0.05) is 12.1 Å². The van der Waals surface area contributed by atoms with Crippen molar-refractivity contribution in [1.29, 1.82) is 5.26 Å². The van der Waals surface area contributed by atoms with E-state index in [2.05, 4.69) is 47.4 Å². The number of fused-ring (bicyclic) bond motifs is 2. The summed E-state index contributed by atoms with van der Waals surface area (Å²) >= 11 is 0. The predicted octanol–water partition coefficient (Wildman–Crippen LogP) is 3.04. The maximum absolute atomic E-state index is 9.00. The maximum Gasteiger partial charge on any atom is 0.0625 e. The number of benzene rings is 1.